The lowest BCUT2D eigenvalue weighted by Gasteiger charge is -2.37. The van der Waals surface area contributed by atoms with Gasteiger partial charge in [-0.25, -0.2) is 0 Å². The highest BCUT2D eigenvalue weighted by molar-refractivity contribution is 5.38. The maximum atomic E-state index is 5.41. The molecule has 18 heavy (non-hydrogen) atoms. The van der Waals surface area contributed by atoms with Gasteiger partial charge in [-0.1, -0.05) is 0 Å². The Morgan fingerprint density at radius 2 is 2.22 bits per heavy atom. The fraction of sp³-hybridized carbons (Fsp3) is 0.615. The molecule has 1 saturated heterocycles. The number of aryl methyl sites for hydroxylation is 1. The number of hydrogen-bond acceptors (Lipinski definition) is 5. The maximum Gasteiger partial charge on any atom is 0.153 e. The van der Waals surface area contributed by atoms with Crippen LogP contribution in [0.15, 0.2) is 12.3 Å². The lowest BCUT2D eigenvalue weighted by Crippen LogP contribution is -2.46. The van der Waals surface area contributed by atoms with Gasteiger partial charge in [0.1, 0.15) is 0 Å². The Balaban J connectivity index is 1.79. The van der Waals surface area contributed by atoms with E-state index < -0.39 is 0 Å². The van der Waals surface area contributed by atoms with Gasteiger partial charge in [-0.05, 0) is 19.3 Å². The van der Waals surface area contributed by atoms with E-state index in [2.05, 4.69) is 9.88 Å². The predicted octanol–water partition coefficient (Wildman–Crippen LogP) is 0.524. The van der Waals surface area contributed by atoms with Crippen molar-refractivity contribution < 1.29 is 9.57 Å². The Hall–Kier alpha value is -1.17. The van der Waals surface area contributed by atoms with Crippen LogP contribution >= 0.6 is 0 Å². The zero-order valence-electron chi connectivity index (χ0n) is 10.5. The molecule has 0 saturated carbocycles. The Bertz CT molecular complexity index is 404. The van der Waals surface area contributed by atoms with Crippen molar-refractivity contribution in [2.75, 3.05) is 26.3 Å². The number of nitrogens with zero attached hydrogens (tertiary/aromatic N) is 2. The first-order chi connectivity index (χ1) is 8.88. The minimum atomic E-state index is 0.569. The molecule has 3 rings (SSSR count). The van der Waals surface area contributed by atoms with Gasteiger partial charge in [0.2, 0.25) is 0 Å². The summed E-state index contributed by atoms with van der Waals surface area (Å²) in [6.07, 6.45) is 4.92. The summed E-state index contributed by atoms with van der Waals surface area (Å²) in [4.78, 5) is 11.9. The van der Waals surface area contributed by atoms with Gasteiger partial charge in [-0.15, -0.1) is 0 Å². The van der Waals surface area contributed by atoms with Crippen LogP contribution in [0.3, 0.4) is 0 Å². The Labute approximate surface area is 107 Å². The molecule has 98 valence electrons. The first-order valence-electron chi connectivity index (χ1n) is 6.54. The van der Waals surface area contributed by atoms with E-state index in [0.29, 0.717) is 6.04 Å². The van der Waals surface area contributed by atoms with E-state index in [1.54, 1.807) is 6.20 Å². The van der Waals surface area contributed by atoms with Gasteiger partial charge in [0.25, 0.3) is 0 Å². The van der Waals surface area contributed by atoms with Gasteiger partial charge < -0.3 is 9.57 Å². The zero-order chi connectivity index (χ0) is 12.4. The molecule has 0 radical (unpaired) electrons. The quantitative estimate of drug-likeness (QED) is 0.774. The summed E-state index contributed by atoms with van der Waals surface area (Å²) in [6, 6.07) is 2.42. The van der Waals surface area contributed by atoms with Gasteiger partial charge in [0.05, 0.1) is 13.2 Å². The fourth-order valence-electron chi connectivity index (χ4n) is 2.96. The number of pyridine rings is 1. The van der Waals surface area contributed by atoms with Crippen molar-refractivity contribution >= 4 is 0 Å². The van der Waals surface area contributed by atoms with E-state index in [-0.39, 0.29) is 0 Å². The molecule has 5 nitrogen and oxygen atoms in total. The highest BCUT2D eigenvalue weighted by Crippen LogP contribution is 2.29. The van der Waals surface area contributed by atoms with E-state index in [1.807, 2.05) is 6.07 Å². The third-order valence-corrected chi connectivity index (χ3v) is 3.95. The standard InChI is InChI=1S/C13H19N3O2/c14-18-13-3-4-15-12-2-1-10(9-11(12)13)16-5-7-17-8-6-16/h3-4,10H,1-2,5-9,14H2. The molecule has 0 bridgehead atoms. The second-order valence-corrected chi connectivity index (χ2v) is 4.90. The molecule has 1 aromatic heterocycles. The molecule has 1 aliphatic heterocycles. The van der Waals surface area contributed by atoms with Crippen molar-refractivity contribution in [1.29, 1.82) is 0 Å². The average molecular weight is 249 g/mol. The summed E-state index contributed by atoms with van der Waals surface area (Å²) in [5, 5.41) is 0. The Morgan fingerprint density at radius 1 is 1.39 bits per heavy atom. The summed E-state index contributed by atoms with van der Waals surface area (Å²) in [7, 11) is 0. The summed E-state index contributed by atoms with van der Waals surface area (Å²) in [5.41, 5.74) is 2.32. The first kappa shape index (κ1) is 11.9. The molecule has 1 aromatic rings. The zero-order valence-corrected chi connectivity index (χ0v) is 10.5. The minimum absolute atomic E-state index is 0.569. The van der Waals surface area contributed by atoms with Gasteiger partial charge in [0, 0.05) is 42.7 Å². The summed E-state index contributed by atoms with van der Waals surface area (Å²) in [5.74, 6) is 6.11. The first-order valence-corrected chi connectivity index (χ1v) is 6.54. The third kappa shape index (κ3) is 2.21. The van der Waals surface area contributed by atoms with E-state index in [0.717, 1.165) is 57.0 Å². The van der Waals surface area contributed by atoms with Crippen LogP contribution in [0.5, 0.6) is 5.75 Å². The molecular weight excluding hydrogens is 230 g/mol. The van der Waals surface area contributed by atoms with Crippen LogP contribution in [0, 0.1) is 0 Å². The van der Waals surface area contributed by atoms with Crippen LogP contribution in [0.1, 0.15) is 17.7 Å². The molecule has 0 aromatic carbocycles. The summed E-state index contributed by atoms with van der Waals surface area (Å²) < 4.78 is 5.41. The van der Waals surface area contributed by atoms with Crippen molar-refractivity contribution in [3.05, 3.63) is 23.5 Å². The van der Waals surface area contributed by atoms with E-state index in [1.165, 1.54) is 5.56 Å². The van der Waals surface area contributed by atoms with Gasteiger partial charge in [0.15, 0.2) is 5.75 Å². The minimum Gasteiger partial charge on any atom is -0.411 e. The van der Waals surface area contributed by atoms with Gasteiger partial charge in [-0.2, -0.15) is 5.90 Å². The van der Waals surface area contributed by atoms with Crippen molar-refractivity contribution in [2.45, 2.75) is 25.3 Å². The number of aromatic nitrogens is 1. The highest BCUT2D eigenvalue weighted by Gasteiger charge is 2.28. The molecule has 0 spiro atoms. The maximum absolute atomic E-state index is 5.41. The van der Waals surface area contributed by atoms with Gasteiger partial charge >= 0.3 is 0 Å². The molecular formula is C13H19N3O2. The number of rotatable bonds is 2. The second kappa shape index (κ2) is 5.22. The van der Waals surface area contributed by atoms with Crippen LogP contribution in [0.25, 0.3) is 0 Å². The number of fused-ring (bicyclic) bond motifs is 1. The molecule has 1 aliphatic carbocycles. The molecule has 1 fully saturated rings. The second-order valence-electron chi connectivity index (χ2n) is 4.90. The Morgan fingerprint density at radius 3 is 3.00 bits per heavy atom. The van der Waals surface area contributed by atoms with Crippen LogP contribution in [-0.4, -0.2) is 42.2 Å². The topological polar surface area (TPSA) is 60.6 Å². The highest BCUT2D eigenvalue weighted by atomic mass is 16.6. The predicted molar refractivity (Wildman–Crippen MR) is 67.3 cm³/mol. The van der Waals surface area contributed by atoms with Crippen LogP contribution < -0.4 is 10.7 Å². The third-order valence-electron chi connectivity index (χ3n) is 3.95. The van der Waals surface area contributed by atoms with Crippen molar-refractivity contribution in [3.63, 3.8) is 0 Å². The molecule has 1 unspecified atom stereocenters. The van der Waals surface area contributed by atoms with E-state index in [9.17, 15) is 0 Å². The SMILES string of the molecule is NOc1ccnc2c1CC(N1CCOCC1)CC2. The van der Waals surface area contributed by atoms with Crippen molar-refractivity contribution in [3.8, 4) is 5.75 Å². The molecule has 5 heteroatoms. The molecule has 2 heterocycles. The van der Waals surface area contributed by atoms with Crippen molar-refractivity contribution in [2.24, 2.45) is 5.90 Å². The van der Waals surface area contributed by atoms with Gasteiger partial charge in [-0.3, -0.25) is 9.88 Å². The largest absolute Gasteiger partial charge is 0.411 e. The van der Waals surface area contributed by atoms with Crippen LogP contribution in [0.4, 0.5) is 0 Å². The number of morpholine rings is 1. The summed E-state index contributed by atoms with van der Waals surface area (Å²) >= 11 is 0. The van der Waals surface area contributed by atoms with Crippen molar-refractivity contribution in [1.82, 2.24) is 9.88 Å². The average Bonchev–Trinajstić information content (AvgIpc) is 2.47. The Kier molecular flexibility index (Phi) is 3.45. The summed E-state index contributed by atoms with van der Waals surface area (Å²) in [6.45, 7) is 3.74. The molecule has 2 aliphatic rings. The molecule has 2 N–H and O–H groups in total. The normalized spacial score (nSPS) is 24.6. The molecule has 0 amide bonds. The van der Waals surface area contributed by atoms with E-state index >= 15 is 0 Å². The van der Waals surface area contributed by atoms with Crippen LogP contribution in [0.2, 0.25) is 0 Å². The monoisotopic (exact) mass is 249 g/mol. The smallest absolute Gasteiger partial charge is 0.153 e. The van der Waals surface area contributed by atoms with E-state index in [4.69, 9.17) is 15.5 Å². The number of hydrogen-bond donors (Lipinski definition) is 1. The fourth-order valence-corrected chi connectivity index (χ4v) is 2.96. The van der Waals surface area contributed by atoms with Crippen LogP contribution in [-0.2, 0) is 17.6 Å². The number of nitrogens with two attached hydrogens (primary N) is 1. The number of ether oxygens (including phenoxy) is 1. The lowest BCUT2D eigenvalue weighted by atomic mass is 9.90. The molecule has 1 atom stereocenters. The lowest BCUT2D eigenvalue weighted by molar-refractivity contribution is 0.0134.